The molecule has 5 heteroatoms. The minimum atomic E-state index is -0.512. The molecule has 1 fully saturated rings. The van der Waals surface area contributed by atoms with Crippen molar-refractivity contribution in [3.8, 4) is 0 Å². The van der Waals surface area contributed by atoms with Crippen LogP contribution in [0, 0.1) is 6.92 Å². The fourth-order valence-corrected chi connectivity index (χ4v) is 8.11. The average molecular weight is 796 g/mol. The summed E-state index contributed by atoms with van der Waals surface area (Å²) < 4.78 is 5.60. The Bertz CT molecular complexity index is 1460. The number of amides is 1. The second-order valence-electron chi connectivity index (χ2n) is 12.1. The number of hydrogen-bond donors (Lipinski definition) is 0. The third-order valence-corrected chi connectivity index (χ3v) is 10.2. The van der Waals surface area contributed by atoms with E-state index in [1.807, 2.05) is 57.2 Å². The Kier molecular flexibility index (Phi) is 12.0. The van der Waals surface area contributed by atoms with Crippen LogP contribution in [-0.4, -0.2) is 29.2 Å². The maximum Gasteiger partial charge on any atom is 1.00 e. The summed E-state index contributed by atoms with van der Waals surface area (Å²) in [6.45, 7) is 10.5. The number of likely N-dealkylation sites (tertiary alicyclic amines) is 1. The first-order valence-corrected chi connectivity index (χ1v) is 16.5. The van der Waals surface area contributed by atoms with Gasteiger partial charge in [0.15, 0.2) is 0 Å². The van der Waals surface area contributed by atoms with Gasteiger partial charge in [0.2, 0.25) is 0 Å². The Morgan fingerprint density at radius 3 is 1.33 bits per heavy atom. The molecule has 234 valence electrons. The van der Waals surface area contributed by atoms with Crippen LogP contribution in [0.3, 0.4) is 0 Å². The quantitative estimate of drug-likeness (QED) is 0.102. The van der Waals surface area contributed by atoms with E-state index in [9.17, 15) is 4.79 Å². The molecule has 1 atom stereocenters. The number of rotatable bonds is 5. The fourth-order valence-electron chi connectivity index (χ4n) is 5.81. The summed E-state index contributed by atoms with van der Waals surface area (Å²) in [4.78, 5) is 14.5. The van der Waals surface area contributed by atoms with Gasteiger partial charge in [-0.15, -0.1) is 0 Å². The molecule has 0 saturated carbocycles. The molecule has 1 amide bonds. The van der Waals surface area contributed by atoms with E-state index in [1.165, 1.54) is 27.0 Å². The Labute approximate surface area is 285 Å². The molecule has 3 nitrogen and oxygen atoms in total. The predicted octanol–water partition coefficient (Wildman–Crippen LogP) is 8.26. The third kappa shape index (κ3) is 8.63. The summed E-state index contributed by atoms with van der Waals surface area (Å²) in [6, 6.07) is 53.0. The zero-order valence-electron chi connectivity index (χ0n) is 26.1. The Hall–Kier alpha value is -3.46. The van der Waals surface area contributed by atoms with Crippen molar-refractivity contribution in [1.82, 2.24) is 4.90 Å². The summed E-state index contributed by atoms with van der Waals surface area (Å²) in [5.74, 6) is 0. The van der Waals surface area contributed by atoms with E-state index in [2.05, 4.69) is 122 Å². The molecular weight excluding hydrogens is 754 g/mol. The normalized spacial score (nSPS) is 15.4. The molecule has 6 rings (SSSR count). The monoisotopic (exact) mass is 795 g/mol. The zero-order chi connectivity index (χ0) is 31.0. The molecule has 5 aromatic rings. The number of benzene rings is 5. The number of carbonyl (C=O) groups is 1. The second kappa shape index (κ2) is 15.7. The van der Waals surface area contributed by atoms with Crippen LogP contribution in [0.4, 0.5) is 4.79 Å². The van der Waals surface area contributed by atoms with Crippen LogP contribution in [0.5, 0.6) is 0 Å². The minimum absolute atomic E-state index is 0. The largest absolute Gasteiger partial charge is 1.00 e. The van der Waals surface area contributed by atoms with Gasteiger partial charge < -0.3 is 16.6 Å². The topological polar surface area (TPSA) is 29.5 Å². The van der Waals surface area contributed by atoms with E-state index in [0.29, 0.717) is 6.54 Å². The molecule has 0 N–H and O–H groups in total. The Morgan fingerprint density at radius 2 is 1.00 bits per heavy atom. The molecule has 1 saturated heterocycles. The SMILES string of the molecule is [Au+].[CH2-]C1CC(c2ccccc2)(c2ccccc2)CN1C(=O)OC(C)(C)C.c1ccc(P(c2ccccc2)c2ccccc2)cc1. The van der Waals surface area contributed by atoms with E-state index >= 15 is 0 Å². The first-order valence-electron chi connectivity index (χ1n) is 15.2. The van der Waals surface area contributed by atoms with Gasteiger partial charge in [-0.2, -0.15) is 0 Å². The summed E-state index contributed by atoms with van der Waals surface area (Å²) >= 11 is 0. The molecule has 0 bridgehead atoms. The molecule has 5 aromatic carbocycles. The van der Waals surface area contributed by atoms with Crippen LogP contribution in [0.1, 0.15) is 38.3 Å². The smallest absolute Gasteiger partial charge is 0.444 e. The van der Waals surface area contributed by atoms with E-state index in [-0.39, 0.29) is 39.9 Å². The van der Waals surface area contributed by atoms with Crippen molar-refractivity contribution < 1.29 is 31.9 Å². The molecule has 0 spiro atoms. The van der Waals surface area contributed by atoms with Crippen molar-refractivity contribution in [2.45, 2.75) is 44.2 Å². The molecule has 0 aliphatic carbocycles. The Balaban J connectivity index is 0.000000207. The molecule has 1 heterocycles. The summed E-state index contributed by atoms with van der Waals surface area (Å²) in [5.41, 5.74) is 1.65. The van der Waals surface area contributed by atoms with Crippen molar-refractivity contribution in [2.75, 3.05) is 6.54 Å². The molecule has 1 aliphatic heterocycles. The maximum atomic E-state index is 12.7. The van der Waals surface area contributed by atoms with E-state index in [1.54, 1.807) is 4.90 Å². The summed E-state index contributed by atoms with van der Waals surface area (Å²) in [5, 5.41) is 4.19. The van der Waals surface area contributed by atoms with Crippen molar-refractivity contribution in [2.24, 2.45) is 0 Å². The van der Waals surface area contributed by atoms with Crippen molar-refractivity contribution in [1.29, 1.82) is 0 Å². The van der Waals surface area contributed by atoms with Gasteiger partial charge in [0.05, 0.1) is 0 Å². The number of ether oxygens (including phenoxy) is 1. The number of carbonyl (C=O) groups excluding carboxylic acids is 1. The van der Waals surface area contributed by atoms with Crippen LogP contribution >= 0.6 is 7.92 Å². The van der Waals surface area contributed by atoms with Crippen LogP contribution in [-0.2, 0) is 32.5 Å². The third-order valence-electron chi connectivity index (χ3n) is 7.79. The number of nitrogens with zero attached hydrogens (tertiary/aromatic N) is 1. The van der Waals surface area contributed by atoms with Gasteiger partial charge in [0, 0.05) is 12.0 Å². The van der Waals surface area contributed by atoms with Gasteiger partial charge in [0.25, 0.3) is 0 Å². The maximum absolute atomic E-state index is 12.7. The minimum Gasteiger partial charge on any atom is -0.444 e. The molecule has 1 unspecified atom stereocenters. The van der Waals surface area contributed by atoms with Crippen LogP contribution in [0.2, 0.25) is 0 Å². The van der Waals surface area contributed by atoms with Crippen molar-refractivity contribution >= 4 is 29.9 Å². The van der Waals surface area contributed by atoms with E-state index < -0.39 is 13.5 Å². The second-order valence-corrected chi connectivity index (χ2v) is 14.3. The van der Waals surface area contributed by atoms with E-state index in [4.69, 9.17) is 4.74 Å². The first kappa shape index (κ1) is 34.4. The van der Waals surface area contributed by atoms with Gasteiger partial charge in [-0.3, -0.25) is 0 Å². The molecule has 45 heavy (non-hydrogen) atoms. The van der Waals surface area contributed by atoms with Gasteiger partial charge in [-0.25, -0.2) is 4.79 Å². The van der Waals surface area contributed by atoms with Crippen LogP contribution in [0.25, 0.3) is 0 Å². The zero-order valence-corrected chi connectivity index (χ0v) is 29.2. The van der Waals surface area contributed by atoms with Gasteiger partial charge in [0.1, 0.15) is 5.60 Å². The standard InChI is InChI=1S/C22H26NO2.C18H15P.Au/c1-17-15-22(18-11-7-5-8-12-18,19-13-9-6-10-14-19)16-23(17)20(24)25-21(2,3)4;1-4-10-16(11-5-1)19(17-12-6-2-7-13-17)18-14-8-3-9-15-18;/h5-14,17H,1,15-16H2,2-4H3;1-15H;/q-1;;+1. The molecular formula is C40H41AuNO2P. The molecule has 1 aliphatic rings. The fraction of sp³-hybridized carbons (Fsp3) is 0.200. The van der Waals surface area contributed by atoms with E-state index in [0.717, 1.165) is 6.42 Å². The van der Waals surface area contributed by atoms with Crippen LogP contribution < -0.4 is 15.9 Å². The van der Waals surface area contributed by atoms with Crippen molar-refractivity contribution in [3.63, 3.8) is 0 Å². The molecule has 0 aromatic heterocycles. The average Bonchev–Trinajstić information content (AvgIpc) is 3.42. The van der Waals surface area contributed by atoms with Crippen LogP contribution in [0.15, 0.2) is 152 Å². The summed E-state index contributed by atoms with van der Waals surface area (Å²) in [6.07, 6.45) is 0.488. The Morgan fingerprint density at radius 1 is 0.667 bits per heavy atom. The summed E-state index contributed by atoms with van der Waals surface area (Å²) in [7, 11) is -0.446. The van der Waals surface area contributed by atoms with Gasteiger partial charge >= 0.3 is 28.5 Å². The van der Waals surface area contributed by atoms with Gasteiger partial charge in [-0.05, 0) is 62.2 Å². The van der Waals surface area contributed by atoms with Crippen molar-refractivity contribution in [3.05, 3.63) is 170 Å². The molecule has 0 radical (unpaired) electrons. The first-order chi connectivity index (χ1) is 21.3. The number of hydrogen-bond acceptors (Lipinski definition) is 2. The predicted molar refractivity (Wildman–Crippen MR) is 186 cm³/mol. The van der Waals surface area contributed by atoms with Gasteiger partial charge in [-0.1, -0.05) is 158 Å².